The first kappa shape index (κ1) is 29.2. The standard InChI is InChI=1S/C27H29ClF3N9O2/c1-33-22-14-34-19(12-35-22)20(11-32)42-21-13-36-25-24(23(21)28)40(3)26(38-25)37-16-8-15(27(29,30)31)9-18(10-16)41-17-4-6-39(2)7-5-17/h8-14,17,32-34H,4-7H2,1-3H3,(H,36,37,38)/b20-19+,32-11?. The van der Waals surface area contributed by atoms with Gasteiger partial charge in [0.25, 0.3) is 0 Å². The number of fused-ring (bicyclic) bond motifs is 1. The molecule has 2 aliphatic rings. The number of piperidine rings is 1. The molecule has 0 atom stereocenters. The maximum atomic E-state index is 13.8. The van der Waals surface area contributed by atoms with Crippen molar-refractivity contribution in [3.8, 4) is 11.5 Å². The van der Waals surface area contributed by atoms with Gasteiger partial charge in [0, 0.05) is 45.1 Å². The fourth-order valence-corrected chi connectivity index (χ4v) is 4.83. The predicted octanol–water partition coefficient (Wildman–Crippen LogP) is 4.79. The Morgan fingerprint density at radius 1 is 1.21 bits per heavy atom. The van der Waals surface area contributed by atoms with Crippen molar-refractivity contribution in [1.82, 2.24) is 30.1 Å². The molecule has 222 valence electrons. The minimum absolute atomic E-state index is 0.122. The number of hydrogen-bond acceptors (Lipinski definition) is 10. The van der Waals surface area contributed by atoms with Crippen LogP contribution in [0, 0.1) is 5.41 Å². The molecule has 3 aromatic rings. The maximum absolute atomic E-state index is 13.8. The van der Waals surface area contributed by atoms with Gasteiger partial charge in [-0.05, 0) is 32.0 Å². The monoisotopic (exact) mass is 603 g/mol. The van der Waals surface area contributed by atoms with Gasteiger partial charge in [-0.1, -0.05) is 11.6 Å². The van der Waals surface area contributed by atoms with E-state index < -0.39 is 11.7 Å². The van der Waals surface area contributed by atoms with Crippen LogP contribution in [-0.4, -0.2) is 65.2 Å². The quantitative estimate of drug-likeness (QED) is 0.214. The van der Waals surface area contributed by atoms with Crippen molar-refractivity contribution in [1.29, 1.82) is 5.41 Å². The number of pyridine rings is 1. The van der Waals surface area contributed by atoms with E-state index in [1.807, 2.05) is 7.05 Å². The van der Waals surface area contributed by atoms with Crippen molar-refractivity contribution < 1.29 is 22.6 Å². The fourth-order valence-electron chi connectivity index (χ4n) is 4.53. The van der Waals surface area contributed by atoms with Gasteiger partial charge in [0.15, 0.2) is 17.2 Å². The molecule has 1 saturated heterocycles. The molecule has 0 spiro atoms. The molecule has 0 aliphatic carbocycles. The second-order valence-electron chi connectivity index (χ2n) is 9.80. The number of nitrogens with zero attached hydrogens (tertiary/aromatic N) is 5. The Morgan fingerprint density at radius 3 is 2.62 bits per heavy atom. The molecule has 0 bridgehead atoms. The minimum atomic E-state index is -4.57. The fraction of sp³-hybridized carbons (Fsp3) is 0.333. The van der Waals surface area contributed by atoms with Crippen LogP contribution in [0.25, 0.3) is 11.2 Å². The number of alkyl halides is 3. The third-order valence-electron chi connectivity index (χ3n) is 6.83. The SMILES string of the molecule is CNC1=CN/C(=C(\C=N)Oc2cnc3nc(Nc4cc(OC5CCN(C)CC5)cc(C(F)(F)F)c4)n(C)c3c2Cl)C=N1. The van der Waals surface area contributed by atoms with Crippen LogP contribution in [0.1, 0.15) is 18.4 Å². The van der Waals surface area contributed by atoms with E-state index in [4.69, 9.17) is 26.5 Å². The number of rotatable bonds is 8. The number of aromatic nitrogens is 3. The van der Waals surface area contributed by atoms with Gasteiger partial charge >= 0.3 is 6.18 Å². The van der Waals surface area contributed by atoms with Gasteiger partial charge in [0.1, 0.15) is 33.9 Å². The van der Waals surface area contributed by atoms with Crippen LogP contribution in [0.2, 0.25) is 5.02 Å². The second-order valence-corrected chi connectivity index (χ2v) is 10.2. The van der Waals surface area contributed by atoms with Gasteiger partial charge in [0.2, 0.25) is 5.95 Å². The third-order valence-corrected chi connectivity index (χ3v) is 7.20. The van der Waals surface area contributed by atoms with Crippen LogP contribution >= 0.6 is 11.6 Å². The molecular formula is C27H29ClF3N9O2. The zero-order valence-electron chi connectivity index (χ0n) is 23.0. The topological polar surface area (TPSA) is 125 Å². The van der Waals surface area contributed by atoms with E-state index in [1.165, 1.54) is 18.5 Å². The number of likely N-dealkylation sites (tertiary alicyclic amines) is 1. The first-order chi connectivity index (χ1) is 20.0. The molecule has 4 N–H and O–H groups in total. The molecule has 0 unspecified atom stereocenters. The van der Waals surface area contributed by atoms with Crippen molar-refractivity contribution in [3.05, 3.63) is 58.5 Å². The Balaban J connectivity index is 1.43. The van der Waals surface area contributed by atoms with E-state index >= 15 is 0 Å². The normalized spacial score (nSPS) is 17.5. The number of imidazole rings is 1. The number of aliphatic imine (C=N–C) groups is 1. The number of benzene rings is 1. The van der Waals surface area contributed by atoms with Crippen molar-refractivity contribution in [2.45, 2.75) is 25.1 Å². The molecule has 0 radical (unpaired) electrons. The summed E-state index contributed by atoms with van der Waals surface area (Å²) in [6.07, 6.45) is 2.17. The van der Waals surface area contributed by atoms with Gasteiger partial charge < -0.3 is 40.3 Å². The van der Waals surface area contributed by atoms with E-state index in [-0.39, 0.29) is 45.7 Å². The minimum Gasteiger partial charge on any atom is -0.490 e. The van der Waals surface area contributed by atoms with Crippen LogP contribution in [-0.2, 0) is 13.2 Å². The summed E-state index contributed by atoms with van der Waals surface area (Å²) < 4.78 is 54.7. The number of ether oxygens (including phenoxy) is 2. The van der Waals surface area contributed by atoms with Crippen LogP contribution in [0.15, 0.2) is 52.9 Å². The molecule has 4 heterocycles. The number of hydrogen-bond donors (Lipinski definition) is 4. The van der Waals surface area contributed by atoms with Crippen LogP contribution in [0.4, 0.5) is 24.8 Å². The summed E-state index contributed by atoms with van der Waals surface area (Å²) in [5, 5.41) is 16.8. The molecule has 42 heavy (non-hydrogen) atoms. The van der Waals surface area contributed by atoms with Crippen molar-refractivity contribution in [2.24, 2.45) is 12.0 Å². The zero-order valence-corrected chi connectivity index (χ0v) is 23.8. The summed E-state index contributed by atoms with van der Waals surface area (Å²) in [5.41, 5.74) is 0.352. The van der Waals surface area contributed by atoms with E-state index in [0.29, 0.717) is 17.0 Å². The number of aryl methyl sites for hydroxylation is 1. The summed E-state index contributed by atoms with van der Waals surface area (Å²) in [5.74, 6) is 1.21. The van der Waals surface area contributed by atoms with E-state index in [9.17, 15) is 13.2 Å². The molecule has 2 aliphatic heterocycles. The Kier molecular flexibility index (Phi) is 8.27. The highest BCUT2D eigenvalue weighted by Gasteiger charge is 2.32. The highest BCUT2D eigenvalue weighted by molar-refractivity contribution is 6.36. The third kappa shape index (κ3) is 6.29. The van der Waals surface area contributed by atoms with Gasteiger partial charge in [0.05, 0.1) is 24.2 Å². The molecule has 2 aromatic heterocycles. The molecular weight excluding hydrogens is 575 g/mol. The smallest absolute Gasteiger partial charge is 0.416 e. The van der Waals surface area contributed by atoms with Gasteiger partial charge in [-0.2, -0.15) is 18.2 Å². The van der Waals surface area contributed by atoms with E-state index in [1.54, 1.807) is 24.9 Å². The summed E-state index contributed by atoms with van der Waals surface area (Å²) in [4.78, 5) is 15.1. The van der Waals surface area contributed by atoms with E-state index in [0.717, 1.165) is 44.3 Å². The molecule has 1 aromatic carbocycles. The largest absolute Gasteiger partial charge is 0.490 e. The first-order valence-corrected chi connectivity index (χ1v) is 13.4. The summed E-state index contributed by atoms with van der Waals surface area (Å²) in [6.45, 7) is 1.62. The number of halogens is 4. The lowest BCUT2D eigenvalue weighted by atomic mass is 10.1. The van der Waals surface area contributed by atoms with Crippen molar-refractivity contribution in [3.63, 3.8) is 0 Å². The van der Waals surface area contributed by atoms with Crippen molar-refractivity contribution >= 4 is 46.8 Å². The van der Waals surface area contributed by atoms with E-state index in [2.05, 4.69) is 35.8 Å². The highest BCUT2D eigenvalue weighted by atomic mass is 35.5. The van der Waals surface area contributed by atoms with Gasteiger partial charge in [-0.15, -0.1) is 0 Å². The molecule has 0 saturated carbocycles. The van der Waals surface area contributed by atoms with Crippen LogP contribution < -0.4 is 25.4 Å². The second kappa shape index (κ2) is 11.9. The number of anilines is 2. The molecule has 15 heteroatoms. The lowest BCUT2D eigenvalue weighted by Crippen LogP contribution is -2.35. The maximum Gasteiger partial charge on any atom is 0.416 e. The Morgan fingerprint density at radius 2 is 1.98 bits per heavy atom. The lowest BCUT2D eigenvalue weighted by Gasteiger charge is -2.29. The number of nitrogens with one attached hydrogen (secondary N) is 4. The molecule has 11 nitrogen and oxygen atoms in total. The number of allylic oxidation sites excluding steroid dienone is 2. The average Bonchev–Trinajstić information content (AvgIpc) is 3.28. The highest BCUT2D eigenvalue weighted by Crippen LogP contribution is 2.37. The Labute approximate surface area is 244 Å². The van der Waals surface area contributed by atoms with Crippen LogP contribution in [0.5, 0.6) is 11.5 Å². The predicted molar refractivity (Wildman–Crippen MR) is 155 cm³/mol. The average molecular weight is 604 g/mol. The molecule has 5 rings (SSSR count). The van der Waals surface area contributed by atoms with Crippen molar-refractivity contribution in [2.75, 3.05) is 32.5 Å². The Bertz CT molecular complexity index is 1590. The molecule has 1 fully saturated rings. The first-order valence-electron chi connectivity index (χ1n) is 13.0. The van der Waals surface area contributed by atoms with Gasteiger partial charge in [-0.3, -0.25) is 0 Å². The molecule has 0 amide bonds. The lowest BCUT2D eigenvalue weighted by molar-refractivity contribution is -0.137. The Hall–Kier alpha value is -4.30. The summed E-state index contributed by atoms with van der Waals surface area (Å²) >= 11 is 6.68. The summed E-state index contributed by atoms with van der Waals surface area (Å²) in [6, 6.07) is 3.53. The summed E-state index contributed by atoms with van der Waals surface area (Å²) in [7, 11) is 5.37. The zero-order chi connectivity index (χ0) is 30.0. The van der Waals surface area contributed by atoms with Crippen LogP contribution in [0.3, 0.4) is 0 Å². The van der Waals surface area contributed by atoms with Gasteiger partial charge in [-0.25, -0.2) is 9.98 Å².